The number of benzene rings is 1. The van der Waals surface area contributed by atoms with Gasteiger partial charge in [0.25, 0.3) is 11.8 Å². The lowest BCUT2D eigenvalue weighted by Crippen LogP contribution is -2.62. The lowest BCUT2D eigenvalue weighted by molar-refractivity contribution is -0.136. The van der Waals surface area contributed by atoms with Crippen molar-refractivity contribution in [1.82, 2.24) is 20.9 Å². The maximum atomic E-state index is 12.9. The molecule has 4 fully saturated rings. The van der Waals surface area contributed by atoms with Crippen LogP contribution in [0.2, 0.25) is 0 Å². The van der Waals surface area contributed by atoms with Gasteiger partial charge in [-0.05, 0) is 49.8 Å². The standard InChI is InChI=1S/C21H24N4O4/c26-17-4-3-16(18(27)24-17)25-19(28)14-2-1-12(9-15(14)20(25)29)10-23-21-7-5-13(6-8-21)22-11-21/h1-2,9,13,16,22-23H,3-8,10-11H2,(H,24,26,27). The fourth-order valence-corrected chi connectivity index (χ4v) is 5.05. The van der Waals surface area contributed by atoms with Crippen molar-refractivity contribution < 1.29 is 19.2 Å². The van der Waals surface area contributed by atoms with E-state index >= 15 is 0 Å². The van der Waals surface area contributed by atoms with Crippen LogP contribution in [0.4, 0.5) is 0 Å². The summed E-state index contributed by atoms with van der Waals surface area (Å²) < 4.78 is 0. The van der Waals surface area contributed by atoms with Gasteiger partial charge in [0.2, 0.25) is 11.8 Å². The average molecular weight is 396 g/mol. The Bertz CT molecular complexity index is 905. The third-order valence-electron chi connectivity index (χ3n) is 6.84. The Morgan fingerprint density at radius 3 is 2.48 bits per heavy atom. The SMILES string of the molecule is O=C1CCC(N2C(=O)c3ccc(CNC45CCC(CC4)NC5)cc3C2=O)C(=O)N1. The van der Waals surface area contributed by atoms with Crippen molar-refractivity contribution in [3.8, 4) is 0 Å². The lowest BCUT2D eigenvalue weighted by Gasteiger charge is -2.48. The molecule has 1 atom stereocenters. The molecule has 3 saturated heterocycles. The first kappa shape index (κ1) is 18.4. The predicted octanol–water partition coefficient (Wildman–Crippen LogP) is 0.462. The molecule has 2 bridgehead atoms. The van der Waals surface area contributed by atoms with Crippen LogP contribution in [0.3, 0.4) is 0 Å². The summed E-state index contributed by atoms with van der Waals surface area (Å²) in [7, 11) is 0. The quantitative estimate of drug-likeness (QED) is 0.639. The minimum absolute atomic E-state index is 0.104. The normalized spacial score (nSPS) is 31.2. The van der Waals surface area contributed by atoms with E-state index in [1.165, 1.54) is 12.8 Å². The van der Waals surface area contributed by atoms with Crippen molar-refractivity contribution in [1.29, 1.82) is 0 Å². The summed E-state index contributed by atoms with van der Waals surface area (Å²) in [6.07, 6.45) is 4.96. The van der Waals surface area contributed by atoms with Gasteiger partial charge in [0.15, 0.2) is 0 Å². The maximum Gasteiger partial charge on any atom is 0.262 e. The van der Waals surface area contributed by atoms with Crippen LogP contribution < -0.4 is 16.0 Å². The highest BCUT2D eigenvalue weighted by atomic mass is 16.2. The molecule has 29 heavy (non-hydrogen) atoms. The zero-order chi connectivity index (χ0) is 20.2. The summed E-state index contributed by atoms with van der Waals surface area (Å²) in [4.78, 5) is 50.2. The van der Waals surface area contributed by atoms with Gasteiger partial charge in [0, 0.05) is 31.1 Å². The number of fused-ring (bicyclic) bond motifs is 4. The Hall–Kier alpha value is -2.58. The summed E-state index contributed by atoms with van der Waals surface area (Å²) in [5.74, 6) is -1.88. The van der Waals surface area contributed by atoms with Crippen molar-refractivity contribution in [3.05, 3.63) is 34.9 Å². The number of amides is 4. The molecule has 8 heteroatoms. The van der Waals surface area contributed by atoms with Gasteiger partial charge < -0.3 is 10.6 Å². The van der Waals surface area contributed by atoms with E-state index in [4.69, 9.17) is 0 Å². The third kappa shape index (κ3) is 3.07. The number of hydrogen-bond acceptors (Lipinski definition) is 6. The molecule has 1 aromatic carbocycles. The molecule has 4 amide bonds. The zero-order valence-corrected chi connectivity index (χ0v) is 16.1. The summed E-state index contributed by atoms with van der Waals surface area (Å²) in [6.45, 7) is 1.59. The Balaban J connectivity index is 1.33. The van der Waals surface area contributed by atoms with Crippen LogP contribution >= 0.6 is 0 Å². The number of carbonyl (C=O) groups is 4. The molecule has 152 valence electrons. The Morgan fingerprint density at radius 1 is 1.03 bits per heavy atom. The van der Waals surface area contributed by atoms with Gasteiger partial charge in [-0.25, -0.2) is 0 Å². The molecule has 1 aliphatic carbocycles. The number of nitrogens with one attached hydrogen (secondary N) is 3. The summed E-state index contributed by atoms with van der Waals surface area (Å²) >= 11 is 0. The molecule has 3 N–H and O–H groups in total. The molecule has 5 aliphatic rings. The summed E-state index contributed by atoms with van der Waals surface area (Å²) in [5, 5.41) is 9.46. The van der Waals surface area contributed by atoms with Gasteiger partial charge in [-0.15, -0.1) is 0 Å². The molecular weight excluding hydrogens is 372 g/mol. The highest BCUT2D eigenvalue weighted by Crippen LogP contribution is 2.33. The maximum absolute atomic E-state index is 12.9. The Labute approximate surface area is 168 Å². The van der Waals surface area contributed by atoms with Crippen LogP contribution in [0.15, 0.2) is 18.2 Å². The van der Waals surface area contributed by atoms with Crippen LogP contribution in [0.25, 0.3) is 0 Å². The van der Waals surface area contributed by atoms with E-state index in [9.17, 15) is 19.2 Å². The largest absolute Gasteiger partial charge is 0.312 e. The monoisotopic (exact) mass is 396 g/mol. The van der Waals surface area contributed by atoms with E-state index in [1.807, 2.05) is 6.07 Å². The van der Waals surface area contributed by atoms with Crippen LogP contribution in [0.5, 0.6) is 0 Å². The van der Waals surface area contributed by atoms with Crippen molar-refractivity contribution >= 4 is 23.6 Å². The fraction of sp³-hybridized carbons (Fsp3) is 0.524. The zero-order valence-electron chi connectivity index (χ0n) is 16.1. The van der Waals surface area contributed by atoms with E-state index < -0.39 is 23.8 Å². The highest BCUT2D eigenvalue weighted by Gasteiger charge is 2.45. The first-order chi connectivity index (χ1) is 14.0. The lowest BCUT2D eigenvalue weighted by atomic mass is 9.75. The molecule has 4 aliphatic heterocycles. The number of piperidine rings is 3. The number of rotatable bonds is 4. The minimum Gasteiger partial charge on any atom is -0.312 e. The van der Waals surface area contributed by atoms with Crippen LogP contribution in [-0.4, -0.2) is 52.7 Å². The van der Waals surface area contributed by atoms with Gasteiger partial charge >= 0.3 is 0 Å². The molecule has 4 heterocycles. The van der Waals surface area contributed by atoms with Crippen molar-refractivity contribution in [2.45, 2.75) is 62.7 Å². The number of hydrogen-bond donors (Lipinski definition) is 3. The van der Waals surface area contributed by atoms with Crippen LogP contribution in [0, 0.1) is 0 Å². The number of carbonyl (C=O) groups excluding carboxylic acids is 4. The average Bonchev–Trinajstić information content (AvgIpc) is 2.98. The van der Waals surface area contributed by atoms with Crippen molar-refractivity contribution in [2.24, 2.45) is 0 Å². The molecule has 0 spiro atoms. The highest BCUT2D eigenvalue weighted by molar-refractivity contribution is 6.23. The van der Waals surface area contributed by atoms with E-state index in [1.54, 1.807) is 12.1 Å². The topological polar surface area (TPSA) is 108 Å². The predicted molar refractivity (Wildman–Crippen MR) is 103 cm³/mol. The summed E-state index contributed by atoms with van der Waals surface area (Å²) in [5.41, 5.74) is 1.70. The molecule has 1 saturated carbocycles. The fourth-order valence-electron chi connectivity index (χ4n) is 5.05. The molecule has 8 nitrogen and oxygen atoms in total. The van der Waals surface area contributed by atoms with E-state index in [-0.39, 0.29) is 24.3 Å². The van der Waals surface area contributed by atoms with Gasteiger partial charge in [-0.3, -0.25) is 29.4 Å². The number of nitrogens with zero attached hydrogens (tertiary/aromatic N) is 1. The van der Waals surface area contributed by atoms with Crippen molar-refractivity contribution in [2.75, 3.05) is 6.54 Å². The van der Waals surface area contributed by atoms with E-state index in [0.717, 1.165) is 29.8 Å². The Kier molecular flexibility index (Phi) is 4.29. The molecule has 1 unspecified atom stereocenters. The second-order valence-corrected chi connectivity index (χ2v) is 8.62. The summed E-state index contributed by atoms with van der Waals surface area (Å²) in [6, 6.07) is 5.02. The first-order valence-electron chi connectivity index (χ1n) is 10.3. The minimum atomic E-state index is -0.927. The van der Waals surface area contributed by atoms with Gasteiger partial charge in [0.1, 0.15) is 6.04 Å². The van der Waals surface area contributed by atoms with E-state index in [2.05, 4.69) is 16.0 Å². The number of imide groups is 2. The van der Waals surface area contributed by atoms with E-state index in [0.29, 0.717) is 23.7 Å². The molecule has 1 aromatic rings. The molecule has 0 aromatic heterocycles. The van der Waals surface area contributed by atoms with Crippen LogP contribution in [-0.2, 0) is 16.1 Å². The van der Waals surface area contributed by atoms with Crippen molar-refractivity contribution in [3.63, 3.8) is 0 Å². The second-order valence-electron chi connectivity index (χ2n) is 8.62. The van der Waals surface area contributed by atoms with Gasteiger partial charge in [0.05, 0.1) is 11.1 Å². The van der Waals surface area contributed by atoms with Gasteiger partial charge in [-0.2, -0.15) is 0 Å². The Morgan fingerprint density at radius 2 is 1.79 bits per heavy atom. The smallest absolute Gasteiger partial charge is 0.262 e. The second kappa shape index (κ2) is 6.74. The molecule has 6 rings (SSSR count). The first-order valence-corrected chi connectivity index (χ1v) is 10.3. The third-order valence-corrected chi connectivity index (χ3v) is 6.84. The van der Waals surface area contributed by atoms with Gasteiger partial charge in [-0.1, -0.05) is 6.07 Å². The molecular formula is C21H24N4O4. The molecule has 0 radical (unpaired) electrons. The van der Waals surface area contributed by atoms with Crippen LogP contribution in [0.1, 0.15) is 64.8 Å².